The Bertz CT molecular complexity index is 696. The highest BCUT2D eigenvalue weighted by molar-refractivity contribution is 6.33. The number of anilines is 1. The van der Waals surface area contributed by atoms with Gasteiger partial charge >= 0.3 is 0 Å². The van der Waals surface area contributed by atoms with Crippen molar-refractivity contribution in [2.75, 3.05) is 44.7 Å². The molecule has 1 saturated heterocycles. The Balaban J connectivity index is 1.50. The van der Waals surface area contributed by atoms with Crippen molar-refractivity contribution in [3.63, 3.8) is 0 Å². The van der Waals surface area contributed by atoms with Gasteiger partial charge in [0.2, 0.25) is 0 Å². The number of aliphatic imine (C=N–C) groups is 1. The van der Waals surface area contributed by atoms with Gasteiger partial charge in [-0.2, -0.15) is 0 Å². The number of para-hydroxylation sites is 1. The van der Waals surface area contributed by atoms with Crippen molar-refractivity contribution in [2.24, 2.45) is 4.99 Å². The Labute approximate surface area is 154 Å². The van der Waals surface area contributed by atoms with E-state index in [1.165, 1.54) is 5.56 Å². The van der Waals surface area contributed by atoms with Crippen LogP contribution in [0, 0.1) is 0 Å². The second-order valence-electron chi connectivity index (χ2n) is 6.01. The van der Waals surface area contributed by atoms with E-state index in [0.717, 1.165) is 55.8 Å². The van der Waals surface area contributed by atoms with E-state index in [0.29, 0.717) is 0 Å². The van der Waals surface area contributed by atoms with Crippen molar-refractivity contribution >= 4 is 23.2 Å². The predicted molar refractivity (Wildman–Crippen MR) is 105 cm³/mol. The maximum absolute atomic E-state index is 6.31. The number of piperazine rings is 1. The van der Waals surface area contributed by atoms with Crippen LogP contribution in [0.15, 0.2) is 53.8 Å². The van der Waals surface area contributed by atoms with Gasteiger partial charge in [-0.05, 0) is 30.2 Å². The molecule has 1 aliphatic heterocycles. The molecule has 5 nitrogen and oxygen atoms in total. The molecule has 0 bridgehead atoms. The minimum absolute atomic E-state index is 0.815. The smallest absolute Gasteiger partial charge is 0.193 e. The fourth-order valence-corrected chi connectivity index (χ4v) is 3.32. The quantitative estimate of drug-likeness (QED) is 0.675. The fourth-order valence-electron chi connectivity index (χ4n) is 3.06. The molecular formula is C19H24ClN5. The van der Waals surface area contributed by atoms with Crippen molar-refractivity contribution in [3.05, 3.63) is 59.4 Å². The standard InChI is InChI=1S/C19H24ClN5/c1-21-19(23-10-8-16-5-4-9-22-15-16)25-13-11-24(12-14-25)18-7-3-2-6-17(18)20/h2-7,9,15H,8,10-14H2,1H3,(H,21,23). The van der Waals surface area contributed by atoms with E-state index in [4.69, 9.17) is 11.6 Å². The molecule has 0 aliphatic carbocycles. The first-order chi connectivity index (χ1) is 12.3. The summed E-state index contributed by atoms with van der Waals surface area (Å²) < 4.78 is 0. The maximum atomic E-state index is 6.31. The summed E-state index contributed by atoms with van der Waals surface area (Å²) >= 11 is 6.31. The number of aromatic nitrogens is 1. The van der Waals surface area contributed by atoms with Gasteiger partial charge in [-0.15, -0.1) is 0 Å². The third kappa shape index (κ3) is 4.63. The van der Waals surface area contributed by atoms with Gasteiger partial charge in [0.1, 0.15) is 0 Å². The van der Waals surface area contributed by atoms with E-state index in [9.17, 15) is 0 Å². The maximum Gasteiger partial charge on any atom is 0.193 e. The predicted octanol–water partition coefficient (Wildman–Crippen LogP) is 2.68. The average Bonchev–Trinajstić information content (AvgIpc) is 2.67. The summed E-state index contributed by atoms with van der Waals surface area (Å²) in [5, 5.41) is 4.27. The summed E-state index contributed by atoms with van der Waals surface area (Å²) in [7, 11) is 1.84. The molecule has 2 heterocycles. The molecule has 1 N–H and O–H groups in total. The summed E-state index contributed by atoms with van der Waals surface area (Å²) in [5.74, 6) is 0.961. The highest BCUT2D eigenvalue weighted by Crippen LogP contribution is 2.25. The third-order valence-corrected chi connectivity index (χ3v) is 4.72. The molecular weight excluding hydrogens is 334 g/mol. The molecule has 0 atom stereocenters. The van der Waals surface area contributed by atoms with Crippen molar-refractivity contribution in [3.8, 4) is 0 Å². The summed E-state index contributed by atoms with van der Waals surface area (Å²) in [6.07, 6.45) is 4.65. The van der Waals surface area contributed by atoms with Crippen LogP contribution in [0.1, 0.15) is 5.56 Å². The van der Waals surface area contributed by atoms with Crippen LogP contribution in [-0.2, 0) is 6.42 Å². The van der Waals surface area contributed by atoms with E-state index in [1.54, 1.807) is 6.20 Å². The molecule has 1 aromatic carbocycles. The van der Waals surface area contributed by atoms with Crippen LogP contribution in [0.2, 0.25) is 5.02 Å². The number of rotatable bonds is 4. The topological polar surface area (TPSA) is 43.8 Å². The van der Waals surface area contributed by atoms with E-state index in [2.05, 4.69) is 37.2 Å². The zero-order chi connectivity index (χ0) is 17.5. The van der Waals surface area contributed by atoms with Crippen LogP contribution < -0.4 is 10.2 Å². The van der Waals surface area contributed by atoms with Crippen molar-refractivity contribution in [1.29, 1.82) is 0 Å². The molecule has 0 amide bonds. The van der Waals surface area contributed by atoms with Gasteiger partial charge in [-0.3, -0.25) is 9.98 Å². The van der Waals surface area contributed by atoms with E-state index in [1.807, 2.05) is 37.5 Å². The number of benzene rings is 1. The van der Waals surface area contributed by atoms with Gasteiger partial charge in [-0.1, -0.05) is 29.8 Å². The van der Waals surface area contributed by atoms with Gasteiger partial charge in [0.05, 0.1) is 10.7 Å². The summed E-state index contributed by atoms with van der Waals surface area (Å²) in [4.78, 5) is 13.2. The number of hydrogen-bond donors (Lipinski definition) is 1. The number of halogens is 1. The minimum atomic E-state index is 0.815. The Hall–Kier alpha value is -2.27. The van der Waals surface area contributed by atoms with Gasteiger partial charge in [-0.25, -0.2) is 0 Å². The van der Waals surface area contributed by atoms with Crippen LogP contribution in [0.25, 0.3) is 0 Å². The van der Waals surface area contributed by atoms with Gasteiger partial charge in [0.25, 0.3) is 0 Å². The molecule has 0 spiro atoms. The Morgan fingerprint density at radius 1 is 1.16 bits per heavy atom. The van der Waals surface area contributed by atoms with Gasteiger partial charge in [0, 0.05) is 52.2 Å². The lowest BCUT2D eigenvalue weighted by molar-refractivity contribution is 0.373. The largest absolute Gasteiger partial charge is 0.367 e. The number of guanidine groups is 1. The molecule has 1 fully saturated rings. The molecule has 0 saturated carbocycles. The van der Waals surface area contributed by atoms with Crippen molar-refractivity contribution in [2.45, 2.75) is 6.42 Å². The first-order valence-corrected chi connectivity index (χ1v) is 8.99. The summed E-state index contributed by atoms with van der Waals surface area (Å²) in [5.41, 5.74) is 2.34. The number of pyridine rings is 1. The highest BCUT2D eigenvalue weighted by atomic mass is 35.5. The lowest BCUT2D eigenvalue weighted by Crippen LogP contribution is -2.52. The SMILES string of the molecule is CN=C(NCCc1cccnc1)N1CCN(c2ccccc2Cl)CC1. The minimum Gasteiger partial charge on any atom is -0.367 e. The Morgan fingerprint density at radius 3 is 2.64 bits per heavy atom. The molecule has 1 aliphatic rings. The van der Waals surface area contributed by atoms with Gasteiger partial charge < -0.3 is 15.1 Å². The van der Waals surface area contributed by atoms with Crippen LogP contribution >= 0.6 is 11.6 Å². The molecule has 132 valence electrons. The first kappa shape index (κ1) is 17.5. The molecule has 0 radical (unpaired) electrons. The van der Waals surface area contributed by atoms with Crippen LogP contribution in [0.3, 0.4) is 0 Å². The number of hydrogen-bond acceptors (Lipinski definition) is 3. The second-order valence-corrected chi connectivity index (χ2v) is 6.42. The molecule has 1 aromatic heterocycles. The Morgan fingerprint density at radius 2 is 1.96 bits per heavy atom. The normalized spacial score (nSPS) is 15.4. The lowest BCUT2D eigenvalue weighted by atomic mass is 10.2. The van der Waals surface area contributed by atoms with Crippen LogP contribution in [0.4, 0.5) is 5.69 Å². The zero-order valence-corrected chi connectivity index (χ0v) is 15.3. The molecule has 3 rings (SSSR count). The monoisotopic (exact) mass is 357 g/mol. The summed E-state index contributed by atoms with van der Waals surface area (Å²) in [6, 6.07) is 12.1. The van der Waals surface area contributed by atoms with E-state index >= 15 is 0 Å². The molecule has 2 aromatic rings. The number of nitrogens with zero attached hydrogens (tertiary/aromatic N) is 4. The average molecular weight is 358 g/mol. The molecule has 0 unspecified atom stereocenters. The molecule has 25 heavy (non-hydrogen) atoms. The third-order valence-electron chi connectivity index (χ3n) is 4.40. The highest BCUT2D eigenvalue weighted by Gasteiger charge is 2.20. The van der Waals surface area contributed by atoms with Crippen LogP contribution in [0.5, 0.6) is 0 Å². The van der Waals surface area contributed by atoms with Crippen molar-refractivity contribution < 1.29 is 0 Å². The van der Waals surface area contributed by atoms with E-state index in [-0.39, 0.29) is 0 Å². The van der Waals surface area contributed by atoms with Gasteiger partial charge in [0.15, 0.2) is 5.96 Å². The summed E-state index contributed by atoms with van der Waals surface area (Å²) in [6.45, 7) is 4.58. The van der Waals surface area contributed by atoms with Crippen molar-refractivity contribution in [1.82, 2.24) is 15.2 Å². The zero-order valence-electron chi connectivity index (χ0n) is 14.5. The van der Waals surface area contributed by atoms with E-state index < -0.39 is 0 Å². The Kier molecular flexibility index (Phi) is 6.12. The number of nitrogens with one attached hydrogen (secondary N) is 1. The van der Waals surface area contributed by atoms with Crippen LogP contribution in [-0.4, -0.2) is 55.6 Å². The first-order valence-electron chi connectivity index (χ1n) is 8.62. The molecule has 6 heteroatoms. The fraction of sp³-hybridized carbons (Fsp3) is 0.368. The lowest BCUT2D eigenvalue weighted by Gasteiger charge is -2.38. The second kappa shape index (κ2) is 8.72.